The molecule has 43 heavy (non-hydrogen) atoms. The number of carbonyl (C=O) groups excluding carboxylic acids is 2. The lowest BCUT2D eigenvalue weighted by Crippen LogP contribution is -2.20. The maximum atomic E-state index is 12.8. The van der Waals surface area contributed by atoms with E-state index in [2.05, 4.69) is 63.7 Å². The zero-order chi connectivity index (χ0) is 31.6. The van der Waals surface area contributed by atoms with Gasteiger partial charge in [0.1, 0.15) is 11.1 Å². The van der Waals surface area contributed by atoms with Crippen molar-refractivity contribution in [2.24, 2.45) is 0 Å². The Morgan fingerprint density at radius 2 is 0.930 bits per heavy atom. The second-order valence-electron chi connectivity index (χ2n) is 9.49. The van der Waals surface area contributed by atoms with Gasteiger partial charge in [0.15, 0.2) is 11.5 Å². The van der Waals surface area contributed by atoms with E-state index in [0.717, 1.165) is 11.1 Å². The Kier molecular flexibility index (Phi) is 9.84. The highest BCUT2D eigenvalue weighted by molar-refractivity contribution is 9.11. The van der Waals surface area contributed by atoms with Crippen LogP contribution in [0, 0.1) is 20.2 Å². The maximum Gasteiger partial charge on any atom is 0.350 e. The molecule has 0 aliphatic rings. The molecule has 0 heterocycles. The van der Waals surface area contributed by atoms with Crippen molar-refractivity contribution in [1.82, 2.24) is 0 Å². The Balaban J connectivity index is 1.63. The summed E-state index contributed by atoms with van der Waals surface area (Å²) in [5.74, 6) is -1.50. The van der Waals surface area contributed by atoms with Gasteiger partial charge in [0, 0.05) is 17.5 Å². The molecule has 0 radical (unpaired) electrons. The van der Waals surface area contributed by atoms with Gasteiger partial charge in [-0.1, -0.05) is 38.1 Å². The first-order valence-corrected chi connectivity index (χ1v) is 15.3. The number of nitro benzene ring substituents is 2. The van der Waals surface area contributed by atoms with Gasteiger partial charge in [-0.25, -0.2) is 9.59 Å². The summed E-state index contributed by atoms with van der Waals surface area (Å²) in [6, 6.07) is 18.1. The van der Waals surface area contributed by atoms with Gasteiger partial charge in [-0.05, 0) is 111 Å². The molecular weight excluding hydrogens is 824 g/mol. The molecule has 0 bridgehead atoms. The number of rotatable bonds is 8. The topological polar surface area (TPSA) is 139 Å². The highest BCUT2D eigenvalue weighted by Gasteiger charge is 2.30. The number of benzene rings is 4. The number of hydrogen-bond acceptors (Lipinski definition) is 8. The third-order valence-electron chi connectivity index (χ3n) is 6.47. The van der Waals surface area contributed by atoms with Crippen LogP contribution >= 0.6 is 63.7 Å². The Hall–Kier alpha value is -3.46. The van der Waals surface area contributed by atoms with E-state index in [1.165, 1.54) is 48.5 Å². The smallest absolute Gasteiger partial charge is 0.350 e. The SMILES string of the molecule is CC(C)(c1cc(Br)c(OC(=O)c2ccccc2[N+](=O)[O-])c(Br)c1)c1cc(Br)c(OC(=O)c2ccccc2[N+](=O)[O-])c(Br)c1. The Morgan fingerprint density at radius 3 is 1.23 bits per heavy atom. The zero-order valence-electron chi connectivity index (χ0n) is 22.1. The lowest BCUT2D eigenvalue weighted by Gasteiger charge is -2.28. The van der Waals surface area contributed by atoms with Crippen molar-refractivity contribution in [3.63, 3.8) is 0 Å². The number of hydrogen-bond donors (Lipinski definition) is 0. The van der Waals surface area contributed by atoms with Crippen molar-refractivity contribution >= 4 is 87.0 Å². The molecule has 0 saturated carbocycles. The molecule has 0 amide bonds. The Morgan fingerprint density at radius 1 is 0.628 bits per heavy atom. The molecule has 14 heteroatoms. The first-order valence-electron chi connectivity index (χ1n) is 12.1. The van der Waals surface area contributed by atoms with Gasteiger partial charge in [0.2, 0.25) is 0 Å². The summed E-state index contributed by atoms with van der Waals surface area (Å²) in [6.45, 7) is 3.90. The van der Waals surface area contributed by atoms with Gasteiger partial charge in [-0.3, -0.25) is 20.2 Å². The van der Waals surface area contributed by atoms with Gasteiger partial charge < -0.3 is 9.47 Å². The molecule has 0 fully saturated rings. The van der Waals surface area contributed by atoms with Crippen LogP contribution in [0.2, 0.25) is 0 Å². The summed E-state index contributed by atoms with van der Waals surface area (Å²) in [6.07, 6.45) is 0. The lowest BCUT2D eigenvalue weighted by atomic mass is 9.78. The highest BCUT2D eigenvalue weighted by atomic mass is 79.9. The van der Waals surface area contributed by atoms with Crippen LogP contribution in [0.3, 0.4) is 0 Å². The third kappa shape index (κ3) is 6.87. The molecular formula is C29H18Br4N2O8. The standard InChI is InChI=1S/C29H18Br4N2O8/c1-29(2,15-11-19(30)25(20(31)12-15)42-27(36)17-7-3-5-9-23(17)34(38)39)16-13-21(32)26(22(33)14-16)43-28(37)18-8-4-6-10-24(18)35(40)41/h3-14H,1-2H3. The Labute approximate surface area is 278 Å². The molecule has 0 N–H and O–H groups in total. The molecule has 0 saturated heterocycles. The van der Waals surface area contributed by atoms with Crippen LogP contribution in [0.4, 0.5) is 11.4 Å². The quantitative estimate of drug-likeness (QED) is 0.0741. The van der Waals surface area contributed by atoms with Crippen molar-refractivity contribution in [1.29, 1.82) is 0 Å². The van der Waals surface area contributed by atoms with E-state index in [-0.39, 0.29) is 34.0 Å². The van der Waals surface area contributed by atoms with E-state index in [0.29, 0.717) is 17.9 Å². The molecule has 10 nitrogen and oxygen atoms in total. The highest BCUT2D eigenvalue weighted by Crippen LogP contribution is 2.44. The van der Waals surface area contributed by atoms with E-state index in [1.54, 1.807) is 24.3 Å². The summed E-state index contributed by atoms with van der Waals surface area (Å²) < 4.78 is 12.8. The van der Waals surface area contributed by atoms with E-state index < -0.39 is 27.2 Å². The van der Waals surface area contributed by atoms with Gasteiger partial charge >= 0.3 is 11.9 Å². The van der Waals surface area contributed by atoms with E-state index >= 15 is 0 Å². The molecule has 220 valence electrons. The number of para-hydroxylation sites is 2. The van der Waals surface area contributed by atoms with Crippen molar-refractivity contribution in [3.05, 3.63) is 133 Å². The average molecular weight is 842 g/mol. The van der Waals surface area contributed by atoms with Crippen molar-refractivity contribution in [3.8, 4) is 11.5 Å². The maximum absolute atomic E-state index is 12.8. The summed E-state index contributed by atoms with van der Waals surface area (Å²) in [4.78, 5) is 47.0. The molecule has 0 aliphatic carbocycles. The van der Waals surface area contributed by atoms with Crippen LogP contribution in [0.5, 0.6) is 11.5 Å². The van der Waals surface area contributed by atoms with Crippen LogP contribution in [0.25, 0.3) is 0 Å². The minimum atomic E-state index is -0.889. The fourth-order valence-electron chi connectivity index (χ4n) is 4.11. The number of carbonyl (C=O) groups is 2. The average Bonchev–Trinajstić information content (AvgIpc) is 2.96. The van der Waals surface area contributed by atoms with Crippen molar-refractivity contribution < 1.29 is 28.9 Å². The van der Waals surface area contributed by atoms with Gasteiger partial charge in [-0.2, -0.15) is 0 Å². The second-order valence-corrected chi connectivity index (χ2v) is 12.9. The molecule has 0 spiro atoms. The van der Waals surface area contributed by atoms with Crippen LogP contribution in [-0.4, -0.2) is 21.8 Å². The van der Waals surface area contributed by atoms with Gasteiger partial charge in [-0.15, -0.1) is 0 Å². The minimum absolute atomic E-state index is 0.141. The molecule has 0 unspecified atom stereocenters. The van der Waals surface area contributed by atoms with E-state index in [1.807, 2.05) is 13.8 Å². The van der Waals surface area contributed by atoms with Crippen molar-refractivity contribution in [2.75, 3.05) is 0 Å². The number of nitrogens with zero attached hydrogens (tertiary/aromatic N) is 2. The largest absolute Gasteiger partial charge is 0.420 e. The minimum Gasteiger partial charge on any atom is -0.420 e. The molecule has 0 aliphatic heterocycles. The van der Waals surface area contributed by atoms with Crippen LogP contribution in [0.1, 0.15) is 45.7 Å². The Bertz CT molecular complexity index is 1630. The number of esters is 2. The molecule has 4 aromatic rings. The first-order chi connectivity index (χ1) is 20.2. The summed E-state index contributed by atoms with van der Waals surface area (Å²) in [5.41, 5.74) is -0.187. The number of nitro groups is 2. The molecule has 0 atom stereocenters. The number of ether oxygens (including phenoxy) is 2. The van der Waals surface area contributed by atoms with Gasteiger partial charge in [0.05, 0.1) is 27.7 Å². The second kappa shape index (κ2) is 13.0. The van der Waals surface area contributed by atoms with Crippen LogP contribution < -0.4 is 9.47 Å². The predicted octanol–water partition coefficient (Wildman–Crippen LogP) is 9.32. The summed E-state index contributed by atoms with van der Waals surface area (Å²) >= 11 is 13.8. The fourth-order valence-corrected chi connectivity index (χ4v) is 6.81. The normalized spacial score (nSPS) is 11.1. The monoisotopic (exact) mass is 838 g/mol. The van der Waals surface area contributed by atoms with E-state index in [9.17, 15) is 29.8 Å². The van der Waals surface area contributed by atoms with Gasteiger partial charge in [0.25, 0.3) is 11.4 Å². The summed E-state index contributed by atoms with van der Waals surface area (Å²) in [5, 5.41) is 22.7. The fraction of sp³-hybridized carbons (Fsp3) is 0.103. The molecule has 4 aromatic carbocycles. The lowest BCUT2D eigenvalue weighted by molar-refractivity contribution is -0.385. The predicted molar refractivity (Wildman–Crippen MR) is 172 cm³/mol. The molecule has 4 rings (SSSR count). The third-order valence-corrected chi connectivity index (χ3v) is 8.83. The molecule has 0 aromatic heterocycles. The number of halogens is 4. The van der Waals surface area contributed by atoms with E-state index in [4.69, 9.17) is 9.47 Å². The summed E-state index contributed by atoms with van der Waals surface area (Å²) in [7, 11) is 0. The van der Waals surface area contributed by atoms with Crippen LogP contribution in [-0.2, 0) is 5.41 Å². The first kappa shape index (κ1) is 32.5. The van der Waals surface area contributed by atoms with Crippen LogP contribution in [0.15, 0.2) is 90.7 Å². The zero-order valence-corrected chi connectivity index (χ0v) is 28.4. The van der Waals surface area contributed by atoms with Crippen molar-refractivity contribution in [2.45, 2.75) is 19.3 Å².